The van der Waals surface area contributed by atoms with E-state index in [1.165, 1.54) is 25.1 Å². The molecule has 0 spiro atoms. The van der Waals surface area contributed by atoms with Gasteiger partial charge in [0.15, 0.2) is 5.78 Å². The molecule has 92 valence electrons. The van der Waals surface area contributed by atoms with Gasteiger partial charge in [-0.3, -0.25) is 9.59 Å². The highest BCUT2D eigenvalue weighted by Gasteiger charge is 2.17. The Hall–Kier alpha value is -1.84. The molecule has 1 aromatic carbocycles. The maximum atomic E-state index is 11.6. The van der Waals surface area contributed by atoms with E-state index in [-0.39, 0.29) is 34.7 Å². The van der Waals surface area contributed by atoms with Crippen molar-refractivity contribution in [3.05, 3.63) is 23.8 Å². The van der Waals surface area contributed by atoms with E-state index >= 15 is 0 Å². The molecule has 1 rings (SSSR count). The van der Waals surface area contributed by atoms with Crippen molar-refractivity contribution in [3.8, 4) is 11.5 Å². The predicted octanol–water partition coefficient (Wildman–Crippen LogP) is 2.55. The average molecular weight is 236 g/mol. The first kappa shape index (κ1) is 13.2. The number of esters is 1. The van der Waals surface area contributed by atoms with Gasteiger partial charge in [0, 0.05) is 0 Å². The van der Waals surface area contributed by atoms with Gasteiger partial charge in [0.2, 0.25) is 0 Å². The van der Waals surface area contributed by atoms with Gasteiger partial charge >= 0.3 is 5.97 Å². The number of carbonyl (C=O) groups excluding carboxylic acids is 2. The maximum Gasteiger partial charge on any atom is 0.314 e. The van der Waals surface area contributed by atoms with E-state index in [0.29, 0.717) is 6.42 Å². The molecule has 0 amide bonds. The van der Waals surface area contributed by atoms with Crippen molar-refractivity contribution in [3.63, 3.8) is 0 Å². The highest BCUT2D eigenvalue weighted by atomic mass is 16.5. The second kappa shape index (κ2) is 5.48. The van der Waals surface area contributed by atoms with Crippen molar-refractivity contribution in [2.45, 2.75) is 27.2 Å². The lowest BCUT2D eigenvalue weighted by Crippen LogP contribution is -2.18. The molecule has 0 saturated heterocycles. The summed E-state index contributed by atoms with van der Waals surface area (Å²) < 4.78 is 5.14. The quantitative estimate of drug-likeness (QED) is 0.495. The molecule has 1 N–H and O–H groups in total. The third-order valence-electron chi connectivity index (χ3n) is 2.57. The van der Waals surface area contributed by atoms with Crippen LogP contribution in [-0.2, 0) is 4.79 Å². The summed E-state index contributed by atoms with van der Waals surface area (Å²) in [5.41, 5.74) is 0.210. The summed E-state index contributed by atoms with van der Waals surface area (Å²) in [7, 11) is 0. The highest BCUT2D eigenvalue weighted by Crippen LogP contribution is 2.25. The number of phenolic OH excluding ortho intramolecular Hbond substituents is 1. The minimum absolute atomic E-state index is 0.0291. The van der Waals surface area contributed by atoms with Gasteiger partial charge in [-0.1, -0.05) is 13.8 Å². The topological polar surface area (TPSA) is 63.6 Å². The molecule has 0 fully saturated rings. The molecule has 0 aromatic heterocycles. The Morgan fingerprint density at radius 3 is 2.59 bits per heavy atom. The summed E-state index contributed by atoms with van der Waals surface area (Å²) in [5.74, 6) is -0.684. The third-order valence-corrected chi connectivity index (χ3v) is 2.57. The van der Waals surface area contributed by atoms with Crippen molar-refractivity contribution < 1.29 is 19.4 Å². The number of hydrogen-bond donors (Lipinski definition) is 1. The molecule has 0 radical (unpaired) electrons. The molecule has 0 aliphatic rings. The molecule has 0 heterocycles. The van der Waals surface area contributed by atoms with Gasteiger partial charge in [-0.15, -0.1) is 0 Å². The zero-order valence-electron chi connectivity index (χ0n) is 10.2. The molecule has 0 aliphatic carbocycles. The van der Waals surface area contributed by atoms with E-state index in [0.717, 1.165) is 0 Å². The highest BCUT2D eigenvalue weighted by molar-refractivity contribution is 5.98. The summed E-state index contributed by atoms with van der Waals surface area (Å²) in [6.07, 6.45) is 0.673. The Balaban J connectivity index is 2.98. The molecule has 0 saturated carbocycles. The molecule has 1 aromatic rings. The van der Waals surface area contributed by atoms with Crippen LogP contribution in [-0.4, -0.2) is 16.9 Å². The lowest BCUT2D eigenvalue weighted by molar-refractivity contribution is -0.138. The first-order valence-corrected chi connectivity index (χ1v) is 5.51. The Labute approximate surface area is 100 Å². The van der Waals surface area contributed by atoms with Gasteiger partial charge < -0.3 is 9.84 Å². The smallest absolute Gasteiger partial charge is 0.314 e. The first-order valence-electron chi connectivity index (χ1n) is 5.51. The van der Waals surface area contributed by atoms with Crippen LogP contribution in [0.2, 0.25) is 0 Å². The molecular formula is C13H16O4. The van der Waals surface area contributed by atoms with Crippen molar-refractivity contribution >= 4 is 11.8 Å². The number of benzene rings is 1. The molecule has 0 aliphatic heterocycles. The summed E-state index contributed by atoms with van der Waals surface area (Å²) in [6, 6.07) is 4.10. The van der Waals surface area contributed by atoms with Gasteiger partial charge in [-0.25, -0.2) is 0 Å². The van der Waals surface area contributed by atoms with Crippen molar-refractivity contribution in [2.24, 2.45) is 5.92 Å². The number of rotatable bonds is 4. The first-order chi connectivity index (χ1) is 7.95. The van der Waals surface area contributed by atoms with Crippen LogP contribution in [0.4, 0.5) is 0 Å². The Bertz CT molecular complexity index is 437. The number of ether oxygens (including phenoxy) is 1. The molecular weight excluding hydrogens is 220 g/mol. The van der Waals surface area contributed by atoms with Gasteiger partial charge in [0.25, 0.3) is 0 Å². The van der Waals surface area contributed by atoms with Gasteiger partial charge in [-0.05, 0) is 31.5 Å². The Morgan fingerprint density at radius 2 is 2.06 bits per heavy atom. The lowest BCUT2D eigenvalue weighted by atomic mass is 10.1. The number of phenols is 1. The summed E-state index contributed by atoms with van der Waals surface area (Å²) >= 11 is 0. The molecule has 1 unspecified atom stereocenters. The van der Waals surface area contributed by atoms with Crippen LogP contribution < -0.4 is 4.74 Å². The van der Waals surface area contributed by atoms with Gasteiger partial charge in [-0.2, -0.15) is 0 Å². The minimum atomic E-state index is -0.374. The average Bonchev–Trinajstić information content (AvgIpc) is 2.29. The molecule has 1 atom stereocenters. The number of hydrogen-bond acceptors (Lipinski definition) is 4. The standard InChI is InChI=1S/C13H16O4/c1-4-8(2)13(16)17-12-6-5-10(15)7-11(12)9(3)14/h5-8,15H,4H2,1-3H3. The van der Waals surface area contributed by atoms with E-state index in [9.17, 15) is 14.7 Å². The van der Waals surface area contributed by atoms with Crippen LogP contribution in [0.3, 0.4) is 0 Å². The zero-order valence-corrected chi connectivity index (χ0v) is 10.2. The zero-order chi connectivity index (χ0) is 13.0. The summed E-state index contributed by atoms with van der Waals surface area (Å²) in [5, 5.41) is 9.28. The molecule has 4 nitrogen and oxygen atoms in total. The molecule has 0 bridgehead atoms. The number of Topliss-reactive ketones (excluding diaryl/α,β-unsaturated/α-hetero) is 1. The van der Waals surface area contributed by atoms with Crippen LogP contribution in [0.15, 0.2) is 18.2 Å². The minimum Gasteiger partial charge on any atom is -0.508 e. The monoisotopic (exact) mass is 236 g/mol. The van der Waals surface area contributed by atoms with Crippen LogP contribution >= 0.6 is 0 Å². The second-order valence-corrected chi connectivity index (χ2v) is 3.97. The third kappa shape index (κ3) is 3.31. The summed E-state index contributed by atoms with van der Waals surface area (Å²) in [6.45, 7) is 5.00. The van der Waals surface area contributed by atoms with E-state index < -0.39 is 0 Å². The van der Waals surface area contributed by atoms with E-state index in [2.05, 4.69) is 0 Å². The van der Waals surface area contributed by atoms with Gasteiger partial charge in [0.1, 0.15) is 11.5 Å². The fraction of sp³-hybridized carbons (Fsp3) is 0.385. The number of carbonyl (C=O) groups is 2. The van der Waals surface area contributed by atoms with E-state index in [1.54, 1.807) is 6.92 Å². The lowest BCUT2D eigenvalue weighted by Gasteiger charge is -2.11. The Kier molecular flexibility index (Phi) is 4.26. The molecule has 17 heavy (non-hydrogen) atoms. The van der Waals surface area contributed by atoms with E-state index in [1.807, 2.05) is 6.92 Å². The fourth-order valence-corrected chi connectivity index (χ4v) is 1.26. The normalized spacial score (nSPS) is 11.9. The Morgan fingerprint density at radius 1 is 1.41 bits per heavy atom. The van der Waals surface area contributed by atoms with Crippen molar-refractivity contribution in [1.82, 2.24) is 0 Å². The van der Waals surface area contributed by atoms with Gasteiger partial charge in [0.05, 0.1) is 11.5 Å². The van der Waals surface area contributed by atoms with E-state index in [4.69, 9.17) is 4.74 Å². The maximum absolute atomic E-state index is 11.6. The van der Waals surface area contributed by atoms with Crippen LogP contribution in [0.25, 0.3) is 0 Å². The van der Waals surface area contributed by atoms with Crippen LogP contribution in [0.1, 0.15) is 37.6 Å². The van der Waals surface area contributed by atoms with Crippen molar-refractivity contribution in [1.29, 1.82) is 0 Å². The second-order valence-electron chi connectivity index (χ2n) is 3.97. The predicted molar refractivity (Wildman–Crippen MR) is 63.2 cm³/mol. The fourth-order valence-electron chi connectivity index (χ4n) is 1.26. The SMILES string of the molecule is CCC(C)C(=O)Oc1ccc(O)cc1C(C)=O. The van der Waals surface area contributed by atoms with Crippen LogP contribution in [0, 0.1) is 5.92 Å². The number of aromatic hydroxyl groups is 1. The summed E-state index contributed by atoms with van der Waals surface area (Å²) in [4.78, 5) is 22.9. The largest absolute Gasteiger partial charge is 0.508 e. The van der Waals surface area contributed by atoms with Crippen LogP contribution in [0.5, 0.6) is 11.5 Å². The van der Waals surface area contributed by atoms with Crippen molar-refractivity contribution in [2.75, 3.05) is 0 Å². The molecule has 4 heteroatoms. The number of ketones is 1.